The van der Waals surface area contributed by atoms with Crippen molar-refractivity contribution < 1.29 is 21.9 Å². The Morgan fingerprint density at radius 1 is 1.10 bits per heavy atom. The lowest BCUT2D eigenvalue weighted by atomic mass is 9.84. The molecule has 0 saturated heterocycles. The van der Waals surface area contributed by atoms with E-state index < -0.39 is 21.5 Å². The first kappa shape index (κ1) is 20.5. The number of nitrogens with zero attached hydrogens (tertiary/aromatic N) is 3. The Balaban J connectivity index is 1.88. The number of allylic oxidation sites excluding steroid dienone is 2. The smallest absolute Gasteiger partial charge is 0.247 e. The van der Waals surface area contributed by atoms with E-state index in [2.05, 4.69) is 16.2 Å². The third-order valence-electron chi connectivity index (χ3n) is 5.12. The minimum absolute atomic E-state index is 0.121. The molecular formula is C21H21F2N3O3S. The van der Waals surface area contributed by atoms with Gasteiger partial charge in [-0.05, 0) is 49.0 Å². The van der Waals surface area contributed by atoms with E-state index in [1.807, 2.05) is 11.9 Å². The van der Waals surface area contributed by atoms with Crippen LogP contribution in [0.4, 0.5) is 8.78 Å². The highest BCUT2D eigenvalue weighted by Gasteiger charge is 2.27. The molecule has 158 valence electrons. The van der Waals surface area contributed by atoms with E-state index in [1.54, 1.807) is 0 Å². The van der Waals surface area contributed by atoms with Gasteiger partial charge in [0.2, 0.25) is 15.0 Å². The summed E-state index contributed by atoms with van der Waals surface area (Å²) in [5, 5.41) is -0.327. The first-order valence-electron chi connectivity index (χ1n) is 9.56. The molecule has 30 heavy (non-hydrogen) atoms. The molecule has 4 rings (SSSR count). The lowest BCUT2D eigenvalue weighted by molar-refractivity contribution is 0.429. The molecule has 0 amide bonds. The Morgan fingerprint density at radius 3 is 2.60 bits per heavy atom. The zero-order chi connectivity index (χ0) is 21.5. The second kappa shape index (κ2) is 7.79. The van der Waals surface area contributed by atoms with Crippen LogP contribution < -0.4 is 4.74 Å². The molecule has 9 heteroatoms. The molecule has 1 aliphatic carbocycles. The lowest BCUT2D eigenvalue weighted by Crippen LogP contribution is -2.23. The number of hydrogen-bond donors (Lipinski definition) is 0. The molecule has 2 heterocycles. The number of sulfone groups is 1. The van der Waals surface area contributed by atoms with E-state index in [9.17, 15) is 17.2 Å². The van der Waals surface area contributed by atoms with E-state index in [-0.39, 0.29) is 16.7 Å². The standard InChI is InChI=1S/C21H21F2N3O3S/c1-26-11-13-5-3-4-6-15(13)16(12-26)20-19(10-24-21(25-20)30(2,27)28)29-18-8-7-14(22)9-17(18)23/h7-11H,3-6,12H2,1-2H3. The summed E-state index contributed by atoms with van der Waals surface area (Å²) in [6, 6.07) is 2.98. The molecule has 0 atom stereocenters. The van der Waals surface area contributed by atoms with E-state index in [0.29, 0.717) is 12.2 Å². The molecule has 1 fully saturated rings. The molecule has 1 aromatic heterocycles. The van der Waals surface area contributed by atoms with Gasteiger partial charge in [-0.1, -0.05) is 0 Å². The maximum absolute atomic E-state index is 14.2. The normalized spacial score (nSPS) is 16.9. The summed E-state index contributed by atoms with van der Waals surface area (Å²) in [6.45, 7) is 0.501. The van der Waals surface area contributed by atoms with Gasteiger partial charge in [0.15, 0.2) is 17.3 Å². The van der Waals surface area contributed by atoms with Gasteiger partial charge in [0.25, 0.3) is 0 Å². The Bertz CT molecular complexity index is 1180. The summed E-state index contributed by atoms with van der Waals surface area (Å²) < 4.78 is 57.3. The summed E-state index contributed by atoms with van der Waals surface area (Å²) in [5.74, 6) is -1.66. The van der Waals surface area contributed by atoms with Crippen LogP contribution in [-0.2, 0) is 9.84 Å². The third kappa shape index (κ3) is 4.07. The maximum Gasteiger partial charge on any atom is 0.247 e. The molecule has 0 bridgehead atoms. The van der Waals surface area contributed by atoms with Gasteiger partial charge in [-0.3, -0.25) is 0 Å². The summed E-state index contributed by atoms with van der Waals surface area (Å²) in [4.78, 5) is 10.2. The highest BCUT2D eigenvalue weighted by atomic mass is 32.2. The minimum Gasteiger partial charge on any atom is -0.450 e. The number of rotatable bonds is 4. The van der Waals surface area contributed by atoms with Crippen LogP contribution in [0, 0.1) is 11.6 Å². The molecule has 1 saturated carbocycles. The molecule has 2 aromatic rings. The van der Waals surface area contributed by atoms with Gasteiger partial charge in [0.05, 0.1) is 6.20 Å². The number of ether oxygens (including phenoxy) is 1. The minimum atomic E-state index is -3.66. The molecule has 1 aromatic carbocycles. The van der Waals surface area contributed by atoms with Crippen LogP contribution in [0.25, 0.3) is 5.57 Å². The molecule has 0 spiro atoms. The third-order valence-corrected chi connectivity index (χ3v) is 5.98. The number of halogens is 2. The quantitative estimate of drug-likeness (QED) is 0.676. The van der Waals surface area contributed by atoms with Gasteiger partial charge >= 0.3 is 0 Å². The van der Waals surface area contributed by atoms with Gasteiger partial charge in [-0.25, -0.2) is 27.2 Å². The van der Waals surface area contributed by atoms with Crippen molar-refractivity contribution in [2.24, 2.45) is 0 Å². The van der Waals surface area contributed by atoms with Crippen LogP contribution in [0.1, 0.15) is 31.4 Å². The number of aromatic nitrogens is 2. The Hall–Kier alpha value is -2.81. The topological polar surface area (TPSA) is 72.4 Å². The zero-order valence-corrected chi connectivity index (χ0v) is 17.5. The molecule has 1 aliphatic heterocycles. The van der Waals surface area contributed by atoms with Gasteiger partial charge in [-0.2, -0.15) is 0 Å². The lowest BCUT2D eigenvalue weighted by Gasteiger charge is -2.31. The van der Waals surface area contributed by atoms with Crippen molar-refractivity contribution in [3.63, 3.8) is 0 Å². The fourth-order valence-corrected chi connectivity index (χ4v) is 4.29. The van der Waals surface area contributed by atoms with Crippen LogP contribution in [0.5, 0.6) is 11.5 Å². The Morgan fingerprint density at radius 2 is 1.87 bits per heavy atom. The van der Waals surface area contributed by atoms with E-state index in [0.717, 1.165) is 55.2 Å². The first-order valence-corrected chi connectivity index (χ1v) is 11.5. The number of likely N-dealkylation sites (N-methyl/N-ethyl adjacent to an activating group) is 1. The fraction of sp³-hybridized carbons (Fsp3) is 0.333. The zero-order valence-electron chi connectivity index (χ0n) is 16.7. The second-order valence-corrected chi connectivity index (χ2v) is 9.46. The van der Waals surface area contributed by atoms with E-state index in [4.69, 9.17) is 4.74 Å². The largest absolute Gasteiger partial charge is 0.450 e. The van der Waals surface area contributed by atoms with Crippen LogP contribution in [0.3, 0.4) is 0 Å². The fourth-order valence-electron chi connectivity index (χ4n) is 3.79. The number of benzene rings is 1. The second-order valence-electron chi connectivity index (χ2n) is 7.55. The van der Waals surface area contributed by atoms with Crippen molar-refractivity contribution in [2.45, 2.75) is 30.8 Å². The molecule has 0 unspecified atom stereocenters. The molecule has 6 nitrogen and oxygen atoms in total. The van der Waals surface area contributed by atoms with Crippen LogP contribution in [0.2, 0.25) is 0 Å². The van der Waals surface area contributed by atoms with E-state index in [1.165, 1.54) is 17.8 Å². The van der Waals surface area contributed by atoms with Gasteiger partial charge in [0.1, 0.15) is 11.5 Å². The Labute approximate surface area is 173 Å². The number of fused-ring (bicyclic) bond motifs is 1. The van der Waals surface area contributed by atoms with Crippen molar-refractivity contribution in [2.75, 3.05) is 19.8 Å². The molecule has 0 N–H and O–H groups in total. The van der Waals surface area contributed by atoms with Gasteiger partial charge < -0.3 is 9.64 Å². The molecule has 0 radical (unpaired) electrons. The summed E-state index contributed by atoms with van der Waals surface area (Å²) >= 11 is 0. The average molecular weight is 433 g/mol. The highest BCUT2D eigenvalue weighted by molar-refractivity contribution is 7.90. The van der Waals surface area contributed by atoms with E-state index >= 15 is 0 Å². The first-order chi connectivity index (χ1) is 14.2. The average Bonchev–Trinajstić information content (AvgIpc) is 2.69. The van der Waals surface area contributed by atoms with Crippen LogP contribution in [-0.4, -0.2) is 43.1 Å². The predicted molar refractivity (Wildman–Crippen MR) is 108 cm³/mol. The highest BCUT2D eigenvalue weighted by Crippen LogP contribution is 2.40. The van der Waals surface area contributed by atoms with Crippen molar-refractivity contribution in [1.82, 2.24) is 14.9 Å². The monoisotopic (exact) mass is 433 g/mol. The predicted octanol–water partition coefficient (Wildman–Crippen LogP) is 4.11. The van der Waals surface area contributed by atoms with Crippen molar-refractivity contribution in [3.05, 3.63) is 59.1 Å². The molecule has 2 aliphatic rings. The van der Waals surface area contributed by atoms with Gasteiger partial charge in [-0.15, -0.1) is 0 Å². The summed E-state index contributed by atoms with van der Waals surface area (Å²) in [5.41, 5.74) is 3.44. The SMILES string of the molecule is CN1C=C2CCCCC2=C(c2nc(S(C)(=O)=O)ncc2Oc2ccc(F)cc2F)C1. The Kier molecular flexibility index (Phi) is 5.31. The van der Waals surface area contributed by atoms with Crippen LogP contribution >= 0.6 is 0 Å². The molecular weight excluding hydrogens is 412 g/mol. The van der Waals surface area contributed by atoms with Crippen molar-refractivity contribution in [3.8, 4) is 11.5 Å². The number of hydrogen-bond acceptors (Lipinski definition) is 6. The maximum atomic E-state index is 14.2. The van der Waals surface area contributed by atoms with Gasteiger partial charge in [0, 0.05) is 37.7 Å². The van der Waals surface area contributed by atoms with Crippen LogP contribution in [0.15, 0.2) is 46.9 Å². The van der Waals surface area contributed by atoms with Crippen molar-refractivity contribution in [1.29, 1.82) is 0 Å². The van der Waals surface area contributed by atoms with Crippen molar-refractivity contribution >= 4 is 15.4 Å². The summed E-state index contributed by atoms with van der Waals surface area (Å²) in [7, 11) is -1.73. The summed E-state index contributed by atoms with van der Waals surface area (Å²) in [6.07, 6.45) is 8.23.